The Balaban J connectivity index is 1.79. The van der Waals surface area contributed by atoms with E-state index in [-0.39, 0.29) is 27.9 Å². The molecule has 4 rings (SSSR count). The van der Waals surface area contributed by atoms with Crippen molar-refractivity contribution in [3.8, 4) is 11.5 Å². The van der Waals surface area contributed by atoms with Crippen LogP contribution < -0.4 is 14.4 Å². The van der Waals surface area contributed by atoms with Crippen molar-refractivity contribution >= 4 is 39.9 Å². The lowest BCUT2D eigenvalue weighted by Gasteiger charge is -2.23. The molecule has 2 aromatic carbocycles. The highest BCUT2D eigenvalue weighted by Crippen LogP contribution is 2.44. The van der Waals surface area contributed by atoms with Gasteiger partial charge in [0, 0.05) is 5.56 Å². The normalized spacial score (nSPS) is 16.2. The van der Waals surface area contributed by atoms with E-state index in [1.54, 1.807) is 62.4 Å². The van der Waals surface area contributed by atoms with E-state index in [9.17, 15) is 19.5 Å². The lowest BCUT2D eigenvalue weighted by atomic mass is 9.95. The first kappa shape index (κ1) is 29.8. The van der Waals surface area contributed by atoms with Gasteiger partial charge in [0.15, 0.2) is 5.13 Å². The number of hydrogen-bond donors (Lipinski definition) is 1. The second kappa shape index (κ2) is 13.5. The number of aliphatic hydroxyl groups is 1. The summed E-state index contributed by atoms with van der Waals surface area (Å²) in [6.07, 6.45) is 2.77. The van der Waals surface area contributed by atoms with Gasteiger partial charge >= 0.3 is 11.9 Å². The fourth-order valence-electron chi connectivity index (χ4n) is 4.38. The summed E-state index contributed by atoms with van der Waals surface area (Å²) >= 11 is 0.966. The van der Waals surface area contributed by atoms with E-state index in [4.69, 9.17) is 14.2 Å². The van der Waals surface area contributed by atoms with Crippen LogP contribution >= 0.6 is 11.3 Å². The summed E-state index contributed by atoms with van der Waals surface area (Å²) in [6, 6.07) is 12.7. The molecule has 1 aromatic heterocycles. The number of hydrogen-bond acceptors (Lipinski definition) is 9. The molecule has 1 N–H and O–H groups in total. The molecular formula is C31H34N2O7S. The van der Waals surface area contributed by atoms with Crippen LogP contribution in [0.25, 0.3) is 5.76 Å². The third-order valence-electron chi connectivity index (χ3n) is 6.46. The number of esters is 1. The third-order valence-corrected chi connectivity index (χ3v) is 7.60. The zero-order valence-corrected chi connectivity index (χ0v) is 24.5. The van der Waals surface area contributed by atoms with E-state index < -0.39 is 23.7 Å². The Morgan fingerprint density at radius 2 is 1.59 bits per heavy atom. The summed E-state index contributed by atoms with van der Waals surface area (Å²) in [5.74, 6) is -1.30. The molecule has 9 nitrogen and oxygen atoms in total. The number of thiazole rings is 1. The van der Waals surface area contributed by atoms with Crippen molar-refractivity contribution in [3.05, 3.63) is 75.8 Å². The number of ether oxygens (including phenoxy) is 3. The minimum Gasteiger partial charge on any atom is -0.507 e. The molecule has 0 saturated carbocycles. The van der Waals surface area contributed by atoms with Crippen molar-refractivity contribution in [1.29, 1.82) is 0 Å². The summed E-state index contributed by atoms with van der Waals surface area (Å²) in [5.41, 5.74) is 1.23. The number of carbonyl (C=O) groups excluding carboxylic acids is 3. The van der Waals surface area contributed by atoms with Gasteiger partial charge in [0.1, 0.15) is 22.1 Å². The molecule has 0 bridgehead atoms. The van der Waals surface area contributed by atoms with Gasteiger partial charge in [-0.3, -0.25) is 14.5 Å². The molecule has 0 radical (unpaired) electrons. The average molecular weight is 579 g/mol. The number of Topliss-reactive ketones (excluding diaryl/α,β-unsaturated/α-hetero) is 1. The molecule has 1 amide bonds. The molecular weight excluding hydrogens is 544 g/mol. The monoisotopic (exact) mass is 578 g/mol. The van der Waals surface area contributed by atoms with E-state index in [2.05, 4.69) is 11.9 Å². The van der Waals surface area contributed by atoms with Crippen molar-refractivity contribution in [2.75, 3.05) is 24.7 Å². The van der Waals surface area contributed by atoms with Crippen molar-refractivity contribution in [1.82, 2.24) is 4.98 Å². The number of rotatable bonds is 12. The molecule has 1 fully saturated rings. The molecule has 216 valence electrons. The van der Waals surface area contributed by atoms with Crippen LogP contribution in [-0.2, 0) is 14.3 Å². The van der Waals surface area contributed by atoms with E-state index >= 15 is 0 Å². The molecule has 1 unspecified atom stereocenters. The summed E-state index contributed by atoms with van der Waals surface area (Å²) in [6.45, 7) is 8.73. The van der Waals surface area contributed by atoms with Crippen LogP contribution in [0.2, 0.25) is 0 Å². The number of anilines is 1. The first-order chi connectivity index (χ1) is 19.8. The number of aliphatic hydroxyl groups excluding tert-OH is 1. The number of nitrogens with zero attached hydrogens (tertiary/aromatic N) is 2. The SMILES string of the molecule is CCCCOc1ccc(C(O)=C2C(=O)C(=O)N(c3nc(C)c(C(=O)OCC)s3)C2c2ccc(OCCC)cc2)cc1. The van der Waals surface area contributed by atoms with E-state index in [0.717, 1.165) is 30.6 Å². The van der Waals surface area contributed by atoms with Crippen molar-refractivity contribution in [3.63, 3.8) is 0 Å². The average Bonchev–Trinajstić information content (AvgIpc) is 3.48. The third kappa shape index (κ3) is 6.43. The van der Waals surface area contributed by atoms with Gasteiger partial charge in [-0.05, 0) is 68.7 Å². The molecule has 0 spiro atoms. The number of amides is 1. The maximum Gasteiger partial charge on any atom is 0.350 e. The summed E-state index contributed by atoms with van der Waals surface area (Å²) in [4.78, 5) is 45.4. The zero-order chi connectivity index (χ0) is 29.5. The summed E-state index contributed by atoms with van der Waals surface area (Å²) in [7, 11) is 0. The molecule has 1 saturated heterocycles. The first-order valence-corrected chi connectivity index (χ1v) is 14.5. The minimum absolute atomic E-state index is 0.0811. The number of ketones is 1. The molecule has 0 aliphatic carbocycles. The number of carbonyl (C=O) groups is 3. The Bertz CT molecular complexity index is 1430. The number of aryl methyl sites for hydroxylation is 1. The number of aromatic nitrogens is 1. The molecule has 1 aliphatic heterocycles. The van der Waals surface area contributed by atoms with Crippen LogP contribution in [0.5, 0.6) is 11.5 Å². The fraction of sp³-hybridized carbons (Fsp3) is 0.355. The highest BCUT2D eigenvalue weighted by molar-refractivity contribution is 7.17. The van der Waals surface area contributed by atoms with Crippen LogP contribution in [0, 0.1) is 6.92 Å². The highest BCUT2D eigenvalue weighted by Gasteiger charge is 2.48. The van der Waals surface area contributed by atoms with Crippen molar-refractivity contribution in [2.24, 2.45) is 0 Å². The molecule has 10 heteroatoms. The summed E-state index contributed by atoms with van der Waals surface area (Å²) in [5, 5.41) is 11.6. The number of unbranched alkanes of at least 4 members (excludes halogenated alkanes) is 1. The second-order valence-corrected chi connectivity index (χ2v) is 10.4. The fourth-order valence-corrected chi connectivity index (χ4v) is 5.37. The Hall–Kier alpha value is -4.18. The Labute approximate surface area is 243 Å². The number of benzene rings is 2. The standard InChI is InChI=1S/C31H34N2O7S/c1-5-8-18-40-23-15-11-21(12-16-23)26(34)24-25(20-9-13-22(14-10-20)39-17-6-2)33(29(36)27(24)35)31-32-19(4)28(41-31)30(37)38-7-3/h9-16,25,34H,5-8,17-18H2,1-4H3. The molecule has 2 heterocycles. The van der Waals surface area contributed by atoms with E-state index in [0.29, 0.717) is 41.5 Å². The van der Waals surface area contributed by atoms with E-state index in [1.807, 2.05) is 6.92 Å². The van der Waals surface area contributed by atoms with Crippen LogP contribution in [0.1, 0.15) is 72.6 Å². The van der Waals surface area contributed by atoms with Crippen LogP contribution in [-0.4, -0.2) is 47.6 Å². The van der Waals surface area contributed by atoms with Gasteiger partial charge in [-0.25, -0.2) is 9.78 Å². The van der Waals surface area contributed by atoms with Gasteiger partial charge in [0.25, 0.3) is 5.78 Å². The smallest absolute Gasteiger partial charge is 0.350 e. The van der Waals surface area contributed by atoms with Gasteiger partial charge in [-0.2, -0.15) is 0 Å². The van der Waals surface area contributed by atoms with Crippen molar-refractivity contribution in [2.45, 2.75) is 53.0 Å². The summed E-state index contributed by atoms with van der Waals surface area (Å²) < 4.78 is 16.6. The molecule has 1 aliphatic rings. The predicted molar refractivity (Wildman–Crippen MR) is 157 cm³/mol. The maximum atomic E-state index is 13.5. The quantitative estimate of drug-likeness (QED) is 0.0885. The predicted octanol–water partition coefficient (Wildman–Crippen LogP) is 6.22. The van der Waals surface area contributed by atoms with Gasteiger partial charge in [0.2, 0.25) is 0 Å². The largest absolute Gasteiger partial charge is 0.507 e. The maximum absolute atomic E-state index is 13.5. The Morgan fingerprint density at radius 1 is 0.951 bits per heavy atom. The molecule has 1 atom stereocenters. The van der Waals surface area contributed by atoms with Crippen LogP contribution in [0.4, 0.5) is 5.13 Å². The van der Waals surface area contributed by atoms with Crippen LogP contribution in [0.15, 0.2) is 54.1 Å². The van der Waals surface area contributed by atoms with Gasteiger partial charge < -0.3 is 19.3 Å². The lowest BCUT2D eigenvalue weighted by Crippen LogP contribution is -2.29. The molecule has 3 aromatic rings. The molecule has 41 heavy (non-hydrogen) atoms. The Morgan fingerprint density at radius 3 is 2.20 bits per heavy atom. The highest BCUT2D eigenvalue weighted by atomic mass is 32.1. The van der Waals surface area contributed by atoms with Gasteiger partial charge in [-0.1, -0.05) is 43.7 Å². The van der Waals surface area contributed by atoms with Gasteiger partial charge in [-0.15, -0.1) is 0 Å². The van der Waals surface area contributed by atoms with Gasteiger partial charge in [0.05, 0.1) is 37.1 Å². The van der Waals surface area contributed by atoms with Crippen molar-refractivity contribution < 1.29 is 33.7 Å². The first-order valence-electron chi connectivity index (χ1n) is 13.7. The topological polar surface area (TPSA) is 115 Å². The lowest BCUT2D eigenvalue weighted by molar-refractivity contribution is -0.132. The minimum atomic E-state index is -0.990. The van der Waals surface area contributed by atoms with E-state index in [1.165, 1.54) is 4.90 Å². The zero-order valence-electron chi connectivity index (χ0n) is 23.6. The Kier molecular flexibility index (Phi) is 9.78. The van der Waals surface area contributed by atoms with Crippen LogP contribution in [0.3, 0.4) is 0 Å². The second-order valence-electron chi connectivity index (χ2n) is 9.44.